The molecule has 2 N–H and O–H groups in total. The zero-order valence-corrected chi connectivity index (χ0v) is 11.0. The molecule has 0 aromatic heterocycles. The molecule has 7 heteroatoms. The fourth-order valence-electron chi connectivity index (χ4n) is 1.46. The summed E-state index contributed by atoms with van der Waals surface area (Å²) in [5.74, 6) is 1.40. The summed E-state index contributed by atoms with van der Waals surface area (Å²) in [5.41, 5.74) is 0.919. The van der Waals surface area contributed by atoms with E-state index >= 15 is 0 Å². The van der Waals surface area contributed by atoms with E-state index in [2.05, 4.69) is 15.9 Å². The number of hydrogen-bond acceptors (Lipinski definition) is 5. The van der Waals surface area contributed by atoms with Gasteiger partial charge >= 0.3 is 0 Å². The van der Waals surface area contributed by atoms with Crippen molar-refractivity contribution in [2.45, 2.75) is 6.61 Å². The number of hydrogen-bond donors (Lipinski definition) is 2. The minimum absolute atomic E-state index is 0.230. The standard InChI is InChI=1S/C11H12BrNO5/c12-9-5-11-10(17-7-18-11)4-8(9)6-16-3-1-2-13(14)15/h1-2,4-5,13-14H,3,6-7H2/b2-1+. The van der Waals surface area contributed by atoms with Crippen LogP contribution in [0.2, 0.25) is 0 Å². The lowest BCUT2D eigenvalue weighted by Crippen LogP contribution is -2.99. The highest BCUT2D eigenvalue weighted by Gasteiger charge is 2.16. The van der Waals surface area contributed by atoms with Crippen molar-refractivity contribution in [1.82, 2.24) is 0 Å². The normalized spacial score (nSPS) is 15.3. The van der Waals surface area contributed by atoms with Crippen LogP contribution >= 0.6 is 15.9 Å². The highest BCUT2D eigenvalue weighted by Crippen LogP contribution is 2.37. The van der Waals surface area contributed by atoms with Crippen molar-refractivity contribution < 1.29 is 24.6 Å². The SMILES string of the molecule is [O-][NH+](O)/C=C/COCc1cc2c(cc1Br)OCO2. The number of rotatable bonds is 5. The number of ether oxygens (including phenoxy) is 3. The monoisotopic (exact) mass is 317 g/mol. The number of fused-ring (bicyclic) bond motifs is 1. The van der Waals surface area contributed by atoms with E-state index in [0.717, 1.165) is 16.2 Å². The lowest BCUT2D eigenvalue weighted by molar-refractivity contribution is -1.00. The fourth-order valence-corrected chi connectivity index (χ4v) is 1.89. The van der Waals surface area contributed by atoms with E-state index in [0.29, 0.717) is 18.1 Å². The van der Waals surface area contributed by atoms with E-state index in [1.807, 2.05) is 12.1 Å². The van der Waals surface area contributed by atoms with Crippen LogP contribution in [0.5, 0.6) is 11.5 Å². The topological polar surface area (TPSA) is 75.4 Å². The third-order valence-electron chi connectivity index (χ3n) is 2.27. The maximum absolute atomic E-state index is 10.2. The van der Waals surface area contributed by atoms with Crippen molar-refractivity contribution in [2.24, 2.45) is 0 Å². The molecule has 0 bridgehead atoms. The minimum Gasteiger partial charge on any atom is -0.595 e. The Kier molecular flexibility index (Phi) is 4.56. The number of nitrogens with one attached hydrogen (secondary N) is 1. The molecule has 1 aliphatic heterocycles. The molecule has 1 heterocycles. The zero-order valence-electron chi connectivity index (χ0n) is 9.39. The van der Waals surface area contributed by atoms with Crippen LogP contribution in [0.3, 0.4) is 0 Å². The first-order valence-corrected chi connectivity index (χ1v) is 6.01. The average Bonchev–Trinajstić information content (AvgIpc) is 2.75. The van der Waals surface area contributed by atoms with E-state index in [1.54, 1.807) is 0 Å². The Morgan fingerprint density at radius 3 is 2.89 bits per heavy atom. The van der Waals surface area contributed by atoms with E-state index in [9.17, 15) is 5.21 Å². The second-order valence-corrected chi connectivity index (χ2v) is 4.41. The molecule has 1 aromatic rings. The Morgan fingerprint density at radius 2 is 2.17 bits per heavy atom. The molecule has 0 saturated carbocycles. The van der Waals surface area contributed by atoms with Crippen LogP contribution in [0.25, 0.3) is 0 Å². The maximum atomic E-state index is 10.2. The predicted octanol–water partition coefficient (Wildman–Crippen LogP) is 0.980. The van der Waals surface area contributed by atoms with Gasteiger partial charge < -0.3 is 19.4 Å². The molecule has 98 valence electrons. The lowest BCUT2D eigenvalue weighted by Gasteiger charge is -2.07. The van der Waals surface area contributed by atoms with Gasteiger partial charge in [0.25, 0.3) is 0 Å². The number of benzene rings is 1. The third kappa shape index (κ3) is 3.44. The summed E-state index contributed by atoms with van der Waals surface area (Å²) in [4.78, 5) is 0. The summed E-state index contributed by atoms with van der Waals surface area (Å²) in [6, 6.07) is 3.67. The summed E-state index contributed by atoms with van der Waals surface area (Å²) in [7, 11) is 0. The Balaban J connectivity index is 1.90. The van der Waals surface area contributed by atoms with Gasteiger partial charge in [-0.25, -0.2) is 10.4 Å². The van der Waals surface area contributed by atoms with Gasteiger partial charge in [-0.2, -0.15) is 0 Å². The highest BCUT2D eigenvalue weighted by atomic mass is 79.9. The van der Waals surface area contributed by atoms with Crippen molar-refractivity contribution in [1.29, 1.82) is 0 Å². The van der Waals surface area contributed by atoms with Gasteiger partial charge in [0.15, 0.2) is 11.5 Å². The lowest BCUT2D eigenvalue weighted by atomic mass is 10.2. The Bertz CT molecular complexity index is 449. The van der Waals surface area contributed by atoms with Gasteiger partial charge in [0, 0.05) is 4.47 Å². The first kappa shape index (κ1) is 13.3. The van der Waals surface area contributed by atoms with Crippen molar-refractivity contribution in [3.8, 4) is 11.5 Å². The molecule has 0 aliphatic carbocycles. The first-order chi connectivity index (χ1) is 8.66. The van der Waals surface area contributed by atoms with Crippen LogP contribution in [0.1, 0.15) is 5.56 Å². The molecule has 0 spiro atoms. The van der Waals surface area contributed by atoms with Crippen LogP contribution in [0.4, 0.5) is 0 Å². The molecule has 0 saturated heterocycles. The minimum atomic E-state index is -0.983. The zero-order chi connectivity index (χ0) is 13.0. The van der Waals surface area contributed by atoms with E-state index in [4.69, 9.17) is 19.4 Å². The molecule has 1 atom stereocenters. The van der Waals surface area contributed by atoms with Gasteiger partial charge in [-0.15, -0.1) is 0 Å². The smallest absolute Gasteiger partial charge is 0.231 e. The summed E-state index contributed by atoms with van der Waals surface area (Å²) in [6.45, 7) is 0.835. The Hall–Kier alpha value is -1.12. The molecule has 18 heavy (non-hydrogen) atoms. The van der Waals surface area contributed by atoms with Gasteiger partial charge in [0.1, 0.15) is 6.20 Å². The first-order valence-electron chi connectivity index (χ1n) is 5.22. The summed E-state index contributed by atoms with van der Waals surface area (Å²) in [6.07, 6.45) is 2.50. The van der Waals surface area contributed by atoms with Crippen LogP contribution in [0, 0.1) is 5.21 Å². The summed E-state index contributed by atoms with van der Waals surface area (Å²) in [5, 5.41) is 17.7. The molecule has 1 unspecified atom stereocenters. The van der Waals surface area contributed by atoms with E-state index in [1.165, 1.54) is 6.08 Å². The average molecular weight is 318 g/mol. The van der Waals surface area contributed by atoms with Crippen molar-refractivity contribution in [2.75, 3.05) is 13.4 Å². The van der Waals surface area contributed by atoms with Gasteiger partial charge in [0.05, 0.1) is 13.2 Å². The largest absolute Gasteiger partial charge is 0.595 e. The quantitative estimate of drug-likeness (QED) is 0.625. The molecular formula is C11H12BrNO5. The number of quaternary nitrogens is 1. The van der Waals surface area contributed by atoms with Crippen molar-refractivity contribution in [3.05, 3.63) is 39.7 Å². The van der Waals surface area contributed by atoms with Gasteiger partial charge in [-0.05, 0) is 23.8 Å². The van der Waals surface area contributed by atoms with E-state index < -0.39 is 5.23 Å². The molecule has 2 rings (SSSR count). The van der Waals surface area contributed by atoms with Gasteiger partial charge in [0.2, 0.25) is 6.79 Å². The molecule has 1 aliphatic rings. The molecule has 0 amide bonds. The van der Waals surface area contributed by atoms with Crippen molar-refractivity contribution in [3.63, 3.8) is 0 Å². The van der Waals surface area contributed by atoms with Crippen LogP contribution in [-0.4, -0.2) is 18.6 Å². The van der Waals surface area contributed by atoms with Crippen LogP contribution in [0.15, 0.2) is 28.9 Å². The molecule has 6 nitrogen and oxygen atoms in total. The van der Waals surface area contributed by atoms with Crippen LogP contribution in [-0.2, 0) is 11.3 Å². The van der Waals surface area contributed by atoms with Gasteiger partial charge in [-0.1, -0.05) is 15.9 Å². The predicted molar refractivity (Wildman–Crippen MR) is 65.2 cm³/mol. The fraction of sp³-hybridized carbons (Fsp3) is 0.273. The number of hydroxylamine groups is 2. The second-order valence-electron chi connectivity index (χ2n) is 3.55. The van der Waals surface area contributed by atoms with Gasteiger partial charge in [-0.3, -0.25) is 0 Å². The molecular weight excluding hydrogens is 306 g/mol. The number of halogens is 1. The Morgan fingerprint density at radius 1 is 1.44 bits per heavy atom. The Labute approximate surface area is 112 Å². The van der Waals surface area contributed by atoms with Crippen molar-refractivity contribution >= 4 is 15.9 Å². The molecule has 0 fully saturated rings. The summed E-state index contributed by atoms with van der Waals surface area (Å²) < 4.78 is 16.7. The second kappa shape index (κ2) is 6.17. The molecule has 0 radical (unpaired) electrons. The highest BCUT2D eigenvalue weighted by molar-refractivity contribution is 9.10. The maximum Gasteiger partial charge on any atom is 0.231 e. The van der Waals surface area contributed by atoms with E-state index in [-0.39, 0.29) is 13.4 Å². The third-order valence-corrected chi connectivity index (χ3v) is 3.01. The summed E-state index contributed by atoms with van der Waals surface area (Å²) >= 11 is 3.41. The van der Waals surface area contributed by atoms with Crippen LogP contribution < -0.4 is 14.7 Å². The molecule has 1 aromatic carbocycles.